The Balaban J connectivity index is 2.59. The molecule has 0 aliphatic heterocycles. The lowest BCUT2D eigenvalue weighted by atomic mass is 10.0. The van der Waals surface area contributed by atoms with Crippen LogP contribution in [0.2, 0.25) is 0 Å². The first-order chi connectivity index (χ1) is 10.9. The van der Waals surface area contributed by atoms with Crippen molar-refractivity contribution in [2.45, 2.75) is 38.1 Å². The van der Waals surface area contributed by atoms with Crippen molar-refractivity contribution < 1.29 is 13.2 Å². The lowest BCUT2D eigenvalue weighted by molar-refractivity contribution is 0.103. The summed E-state index contributed by atoms with van der Waals surface area (Å²) in [5.74, 6) is -0.422. The lowest BCUT2D eigenvalue weighted by Gasteiger charge is -2.18. The number of hydrogen-bond donors (Lipinski definition) is 1. The fraction of sp³-hybridized carbons (Fsp3) is 0.375. The minimum Gasteiger partial charge on any atom is -0.302 e. The van der Waals surface area contributed by atoms with Crippen LogP contribution in [-0.2, 0) is 15.4 Å². The number of halogens is 1. The van der Waals surface area contributed by atoms with E-state index in [1.54, 1.807) is 6.92 Å². The lowest BCUT2D eigenvalue weighted by Crippen LogP contribution is -2.34. The maximum atomic E-state index is 12.8. The third-order valence-corrected chi connectivity index (χ3v) is 6.58. The second-order valence-electron chi connectivity index (χ2n) is 6.65. The maximum Gasteiger partial charge on any atom is 0.278 e. The van der Waals surface area contributed by atoms with Crippen molar-refractivity contribution in [1.82, 2.24) is 9.78 Å². The van der Waals surface area contributed by atoms with Gasteiger partial charge in [0.2, 0.25) is 0 Å². The molecule has 0 amide bonds. The molecule has 1 heterocycles. The highest BCUT2D eigenvalue weighted by Crippen LogP contribution is 2.25. The van der Waals surface area contributed by atoms with Crippen molar-refractivity contribution in [2.75, 3.05) is 6.26 Å². The summed E-state index contributed by atoms with van der Waals surface area (Å²) in [6.07, 6.45) is 2.52. The van der Waals surface area contributed by atoms with E-state index in [1.807, 2.05) is 43.4 Å². The molecule has 0 bridgehead atoms. The van der Waals surface area contributed by atoms with Crippen LogP contribution in [0, 0.1) is 10.5 Å². The number of nitrogens with zero attached hydrogens (tertiary/aromatic N) is 1. The van der Waals surface area contributed by atoms with Gasteiger partial charge < -0.3 is 5.10 Å². The molecule has 130 valence electrons. The predicted molar refractivity (Wildman–Crippen MR) is 100 cm³/mol. The molecule has 0 aliphatic carbocycles. The zero-order valence-electron chi connectivity index (χ0n) is 14.1. The summed E-state index contributed by atoms with van der Waals surface area (Å²) in [6.45, 7) is 7.25. The fourth-order valence-corrected chi connectivity index (χ4v) is 4.83. The first-order valence-corrected chi connectivity index (χ1v) is 10.2. The highest BCUT2D eigenvalue weighted by atomic mass is 127. The molecule has 0 saturated heterocycles. The van der Waals surface area contributed by atoms with Crippen molar-refractivity contribution in [3.63, 3.8) is 0 Å². The molecule has 0 aliphatic rings. The Hall–Kier alpha value is -1.42. The van der Waals surface area contributed by atoms with Gasteiger partial charge in [0, 0.05) is 21.6 Å². The van der Waals surface area contributed by atoms with Gasteiger partial charge >= 0.3 is 0 Å². The molecule has 8 heteroatoms. The number of hydrogen-bond acceptors (Lipinski definition) is 4. The fourth-order valence-electron chi connectivity index (χ4n) is 2.37. The van der Waals surface area contributed by atoms with Crippen molar-refractivity contribution in [2.24, 2.45) is 0 Å². The quantitative estimate of drug-likeness (QED) is 0.561. The average Bonchev–Trinajstić information content (AvgIpc) is 2.81. The maximum absolute atomic E-state index is 12.8. The minimum absolute atomic E-state index is 0.0379. The molecule has 2 aromatic rings. The Morgan fingerprint density at radius 1 is 1.21 bits per heavy atom. The van der Waals surface area contributed by atoms with Crippen LogP contribution in [0.5, 0.6) is 0 Å². The monoisotopic (exact) mass is 462 g/mol. The largest absolute Gasteiger partial charge is 0.302 e. The molecule has 6 nitrogen and oxygen atoms in total. The number of carbonyl (C=O) groups is 1. The molecule has 0 unspecified atom stereocenters. The summed E-state index contributed by atoms with van der Waals surface area (Å²) >= 11 is 1.91. The molecule has 0 radical (unpaired) electrons. The topological polar surface area (TPSA) is 89.0 Å². The number of rotatable bonds is 3. The van der Waals surface area contributed by atoms with E-state index in [4.69, 9.17) is 0 Å². The molecule has 1 N–H and O–H groups in total. The summed E-state index contributed by atoms with van der Waals surface area (Å²) in [7, 11) is -3.38. The first kappa shape index (κ1) is 18.9. The van der Waals surface area contributed by atoms with Crippen molar-refractivity contribution in [1.29, 1.82) is 0 Å². The van der Waals surface area contributed by atoms with E-state index in [0.717, 1.165) is 6.26 Å². The van der Waals surface area contributed by atoms with E-state index in [0.29, 0.717) is 14.7 Å². The highest BCUT2D eigenvalue weighted by Gasteiger charge is 2.25. The molecule has 2 rings (SSSR count). The number of ketones is 1. The van der Waals surface area contributed by atoms with Crippen LogP contribution >= 0.6 is 22.6 Å². The summed E-state index contributed by atoms with van der Waals surface area (Å²) in [5.41, 5.74) is 0.0413. The average molecular weight is 462 g/mol. The van der Waals surface area contributed by atoms with Crippen LogP contribution in [0.1, 0.15) is 42.3 Å². The standard InChI is InChI=1S/C16H19IN2O4S/c1-9-10(6-7-12(13(9)17)24(5,22)23)14(20)11-8-18-19(15(11)21)16(2,3)4/h6-8,18H,1-5H3. The number of carbonyl (C=O) groups excluding carboxylic acids is 1. The Bertz CT molecular complexity index is 978. The zero-order valence-corrected chi connectivity index (χ0v) is 17.1. The van der Waals surface area contributed by atoms with Gasteiger partial charge in [-0.2, -0.15) is 0 Å². The van der Waals surface area contributed by atoms with Gasteiger partial charge in [0.05, 0.1) is 10.4 Å². The van der Waals surface area contributed by atoms with E-state index in [2.05, 4.69) is 5.10 Å². The number of sulfone groups is 1. The van der Waals surface area contributed by atoms with Gasteiger partial charge in [0.25, 0.3) is 5.56 Å². The van der Waals surface area contributed by atoms with Crippen LogP contribution in [0.4, 0.5) is 0 Å². The SMILES string of the molecule is Cc1c(C(=O)c2c[nH]n(C(C)(C)C)c2=O)ccc(S(C)(=O)=O)c1I. The normalized spacial score (nSPS) is 12.4. The van der Waals surface area contributed by atoms with Crippen molar-refractivity contribution >= 4 is 38.2 Å². The van der Waals surface area contributed by atoms with Gasteiger partial charge in [-0.15, -0.1) is 0 Å². The Morgan fingerprint density at radius 3 is 2.25 bits per heavy atom. The summed E-state index contributed by atoms with van der Waals surface area (Å²) in [5, 5.41) is 2.82. The van der Waals surface area contributed by atoms with E-state index >= 15 is 0 Å². The van der Waals surface area contributed by atoms with Crippen LogP contribution in [-0.4, -0.2) is 30.2 Å². The van der Waals surface area contributed by atoms with Gasteiger partial charge in [-0.3, -0.25) is 9.59 Å². The Morgan fingerprint density at radius 2 is 1.79 bits per heavy atom. The second kappa shape index (κ2) is 6.14. The molecular weight excluding hydrogens is 443 g/mol. The third kappa shape index (κ3) is 3.34. The zero-order chi connectivity index (χ0) is 18.4. The Kier molecular flexibility index (Phi) is 4.84. The van der Waals surface area contributed by atoms with Crippen LogP contribution in [0.3, 0.4) is 0 Å². The van der Waals surface area contributed by atoms with E-state index in [1.165, 1.54) is 23.0 Å². The van der Waals surface area contributed by atoms with Gasteiger partial charge in [-0.1, -0.05) is 0 Å². The molecule has 0 fully saturated rings. The van der Waals surface area contributed by atoms with Crippen LogP contribution in [0.25, 0.3) is 0 Å². The molecule has 24 heavy (non-hydrogen) atoms. The van der Waals surface area contributed by atoms with Gasteiger partial charge in [0.15, 0.2) is 15.6 Å². The van der Waals surface area contributed by atoms with Crippen molar-refractivity contribution in [3.8, 4) is 0 Å². The molecule has 0 saturated carbocycles. The van der Waals surface area contributed by atoms with E-state index < -0.39 is 26.7 Å². The third-order valence-electron chi connectivity index (χ3n) is 3.68. The van der Waals surface area contributed by atoms with Gasteiger partial charge in [-0.25, -0.2) is 13.1 Å². The highest BCUT2D eigenvalue weighted by molar-refractivity contribution is 14.1. The Labute approximate surface area is 154 Å². The summed E-state index contributed by atoms with van der Waals surface area (Å²) in [4.78, 5) is 25.4. The van der Waals surface area contributed by atoms with E-state index in [-0.39, 0.29) is 10.5 Å². The molecule has 0 atom stereocenters. The van der Waals surface area contributed by atoms with Crippen LogP contribution in [0.15, 0.2) is 28.0 Å². The van der Waals surface area contributed by atoms with Crippen LogP contribution < -0.4 is 5.56 Å². The summed E-state index contributed by atoms with van der Waals surface area (Å²) in [6, 6.07) is 2.87. The minimum atomic E-state index is -3.38. The van der Waals surface area contributed by atoms with Gasteiger partial charge in [0.1, 0.15) is 5.56 Å². The molecular formula is C16H19IN2O4S. The van der Waals surface area contributed by atoms with Crippen molar-refractivity contribution in [3.05, 3.63) is 48.9 Å². The second-order valence-corrected chi connectivity index (χ2v) is 9.71. The van der Waals surface area contributed by atoms with E-state index in [9.17, 15) is 18.0 Å². The number of benzene rings is 1. The first-order valence-electron chi connectivity index (χ1n) is 7.20. The number of H-pyrrole nitrogens is 1. The smallest absolute Gasteiger partial charge is 0.278 e. The number of nitrogens with one attached hydrogen (secondary N) is 1. The number of aromatic amines is 1. The molecule has 1 aromatic heterocycles. The van der Waals surface area contributed by atoms with Gasteiger partial charge in [-0.05, 0) is 68.0 Å². The predicted octanol–water partition coefficient (Wildman–Crippen LogP) is 2.48. The molecule has 0 spiro atoms. The number of aromatic nitrogens is 2. The molecule has 1 aromatic carbocycles. The summed E-state index contributed by atoms with van der Waals surface area (Å²) < 4.78 is 25.4.